The largest absolute Gasteiger partial charge is 0.521 e. The first kappa shape index (κ1) is 16.8. The van der Waals surface area contributed by atoms with Crippen molar-refractivity contribution in [2.75, 3.05) is 19.8 Å². The molecule has 1 unspecified atom stereocenters. The van der Waals surface area contributed by atoms with Crippen molar-refractivity contribution in [3.05, 3.63) is 30.3 Å². The molecule has 0 saturated carbocycles. The number of epoxide rings is 1. The molecule has 1 aliphatic rings. The standard InChI is InChI=1S/C14H24O5Si2/c1-20(2,10-6-9-17-11-13-12-18-13)19-21(15,16)14-7-4-3-5-8-14/h3-5,7-8,13,15-16H,6,9-12H2,1-2H3. The van der Waals surface area contributed by atoms with Crippen LogP contribution in [0.15, 0.2) is 30.3 Å². The van der Waals surface area contributed by atoms with Crippen molar-refractivity contribution in [1.29, 1.82) is 0 Å². The SMILES string of the molecule is C[Si](C)(CCCOCC1CO1)O[Si](O)(O)c1ccccc1. The van der Waals surface area contributed by atoms with Gasteiger partial charge in [-0.2, -0.15) is 0 Å². The summed E-state index contributed by atoms with van der Waals surface area (Å²) in [5, 5.41) is 0.493. The molecule has 21 heavy (non-hydrogen) atoms. The Labute approximate surface area is 128 Å². The average Bonchev–Trinajstić information content (AvgIpc) is 3.22. The van der Waals surface area contributed by atoms with Crippen LogP contribution in [0.3, 0.4) is 0 Å². The van der Waals surface area contributed by atoms with Crippen LogP contribution in [0.5, 0.6) is 0 Å². The highest BCUT2D eigenvalue weighted by Crippen LogP contribution is 2.18. The van der Waals surface area contributed by atoms with E-state index in [-0.39, 0.29) is 0 Å². The van der Waals surface area contributed by atoms with E-state index >= 15 is 0 Å². The quantitative estimate of drug-likeness (QED) is 0.399. The zero-order chi connectivity index (χ0) is 15.3. The van der Waals surface area contributed by atoms with Crippen LogP contribution in [0.1, 0.15) is 6.42 Å². The first-order valence-corrected chi connectivity index (χ1v) is 12.2. The third kappa shape index (κ3) is 5.99. The van der Waals surface area contributed by atoms with Crippen molar-refractivity contribution >= 4 is 22.3 Å². The highest BCUT2D eigenvalue weighted by atomic mass is 28.5. The lowest BCUT2D eigenvalue weighted by atomic mass is 10.4. The van der Waals surface area contributed by atoms with E-state index in [9.17, 15) is 9.59 Å². The molecule has 1 atom stereocenters. The summed E-state index contributed by atoms with van der Waals surface area (Å²) in [6.07, 6.45) is 1.16. The third-order valence-electron chi connectivity index (χ3n) is 3.34. The van der Waals surface area contributed by atoms with Crippen LogP contribution in [0.4, 0.5) is 0 Å². The van der Waals surface area contributed by atoms with Crippen molar-refractivity contribution in [2.45, 2.75) is 31.7 Å². The highest BCUT2D eigenvalue weighted by molar-refractivity contribution is 6.85. The Morgan fingerprint density at radius 1 is 1.24 bits per heavy atom. The topological polar surface area (TPSA) is 71.5 Å². The molecule has 0 amide bonds. The number of hydrogen-bond donors (Lipinski definition) is 2. The van der Waals surface area contributed by atoms with E-state index in [2.05, 4.69) is 0 Å². The molecule has 0 radical (unpaired) electrons. The third-order valence-corrected chi connectivity index (χ3v) is 9.33. The van der Waals surface area contributed by atoms with Crippen LogP contribution in [0.2, 0.25) is 19.1 Å². The highest BCUT2D eigenvalue weighted by Gasteiger charge is 2.41. The molecule has 0 aliphatic carbocycles. The fourth-order valence-electron chi connectivity index (χ4n) is 2.13. The summed E-state index contributed by atoms with van der Waals surface area (Å²) < 4.78 is 16.3. The smallest absolute Gasteiger partial charge is 0.412 e. The van der Waals surface area contributed by atoms with Crippen LogP contribution < -0.4 is 5.19 Å². The van der Waals surface area contributed by atoms with E-state index in [0.717, 1.165) is 19.1 Å². The molecule has 2 N–H and O–H groups in total. The zero-order valence-electron chi connectivity index (χ0n) is 12.6. The van der Waals surface area contributed by atoms with Gasteiger partial charge in [-0.1, -0.05) is 30.3 Å². The normalized spacial score (nSPS) is 18.8. The van der Waals surface area contributed by atoms with E-state index in [1.54, 1.807) is 24.3 Å². The second kappa shape index (κ2) is 7.14. The summed E-state index contributed by atoms with van der Waals surface area (Å²) in [6.45, 7) is 6.15. The van der Waals surface area contributed by atoms with Gasteiger partial charge in [0.2, 0.25) is 0 Å². The molecule has 0 bridgehead atoms. The second-order valence-electron chi connectivity index (χ2n) is 5.97. The van der Waals surface area contributed by atoms with Gasteiger partial charge in [0.25, 0.3) is 0 Å². The fourth-order valence-corrected chi connectivity index (χ4v) is 7.71. The van der Waals surface area contributed by atoms with Crippen molar-refractivity contribution in [1.82, 2.24) is 0 Å². The van der Waals surface area contributed by atoms with Gasteiger partial charge in [0.1, 0.15) is 6.10 Å². The summed E-state index contributed by atoms with van der Waals surface area (Å²) in [5.74, 6) is 0. The van der Waals surface area contributed by atoms with E-state index in [1.807, 2.05) is 19.2 Å². The molecular formula is C14H24O5Si2. The molecular weight excluding hydrogens is 304 g/mol. The maximum absolute atomic E-state index is 10.3. The summed E-state index contributed by atoms with van der Waals surface area (Å²) in [6, 6.07) is 9.66. The maximum atomic E-state index is 10.3. The lowest BCUT2D eigenvalue weighted by Crippen LogP contribution is -2.57. The molecule has 1 heterocycles. The summed E-state index contributed by atoms with van der Waals surface area (Å²) in [5.41, 5.74) is 0. The van der Waals surface area contributed by atoms with Crippen molar-refractivity contribution in [3.63, 3.8) is 0 Å². The first-order valence-electron chi connectivity index (χ1n) is 7.29. The Bertz CT molecular complexity index is 434. The molecule has 0 spiro atoms. The number of benzene rings is 1. The minimum Gasteiger partial charge on any atom is -0.412 e. The Kier molecular flexibility index (Phi) is 5.72. The average molecular weight is 329 g/mol. The monoisotopic (exact) mass is 328 g/mol. The maximum Gasteiger partial charge on any atom is 0.521 e. The molecule has 1 aliphatic heterocycles. The van der Waals surface area contributed by atoms with Gasteiger partial charge in [0.05, 0.1) is 13.2 Å². The Hall–Kier alpha value is -0.546. The van der Waals surface area contributed by atoms with Crippen LogP contribution >= 0.6 is 0 Å². The van der Waals surface area contributed by atoms with Gasteiger partial charge in [-0.15, -0.1) is 0 Å². The minimum atomic E-state index is -3.79. The Morgan fingerprint density at radius 3 is 2.52 bits per heavy atom. The van der Waals surface area contributed by atoms with Gasteiger partial charge < -0.3 is 23.2 Å². The van der Waals surface area contributed by atoms with Gasteiger partial charge in [0.15, 0.2) is 8.32 Å². The van der Waals surface area contributed by atoms with E-state index in [4.69, 9.17) is 13.6 Å². The molecule has 118 valence electrons. The van der Waals surface area contributed by atoms with Crippen LogP contribution in [0, 0.1) is 0 Å². The number of rotatable bonds is 9. The van der Waals surface area contributed by atoms with Gasteiger partial charge in [0, 0.05) is 11.8 Å². The zero-order valence-corrected chi connectivity index (χ0v) is 14.6. The van der Waals surface area contributed by atoms with E-state index < -0.39 is 17.1 Å². The van der Waals surface area contributed by atoms with Crippen molar-refractivity contribution < 1.29 is 23.2 Å². The molecule has 1 fully saturated rings. The van der Waals surface area contributed by atoms with Crippen LogP contribution in [-0.4, -0.2) is 52.6 Å². The molecule has 2 rings (SSSR count). The van der Waals surface area contributed by atoms with Gasteiger partial charge in [-0.05, 0) is 25.6 Å². The Balaban J connectivity index is 1.75. The van der Waals surface area contributed by atoms with Crippen LogP contribution in [-0.2, 0) is 13.6 Å². The first-order chi connectivity index (χ1) is 9.89. The Morgan fingerprint density at radius 2 is 1.90 bits per heavy atom. The van der Waals surface area contributed by atoms with Gasteiger partial charge in [-0.3, -0.25) is 0 Å². The summed E-state index contributed by atoms with van der Waals surface area (Å²) >= 11 is 0. The second-order valence-corrected chi connectivity index (χ2v) is 12.6. The molecule has 1 aromatic carbocycles. The molecule has 7 heteroatoms. The van der Waals surface area contributed by atoms with Crippen molar-refractivity contribution in [3.8, 4) is 0 Å². The summed E-state index contributed by atoms with van der Waals surface area (Å²) in [4.78, 5) is 20.5. The van der Waals surface area contributed by atoms with Gasteiger partial charge >= 0.3 is 8.80 Å². The van der Waals surface area contributed by atoms with Gasteiger partial charge in [-0.25, -0.2) is 0 Å². The predicted molar refractivity (Wildman–Crippen MR) is 84.8 cm³/mol. The van der Waals surface area contributed by atoms with Crippen LogP contribution in [0.25, 0.3) is 0 Å². The minimum absolute atomic E-state index is 0.291. The lowest BCUT2D eigenvalue weighted by molar-refractivity contribution is 0.116. The molecule has 0 aromatic heterocycles. The van der Waals surface area contributed by atoms with Crippen molar-refractivity contribution in [2.24, 2.45) is 0 Å². The summed E-state index contributed by atoms with van der Waals surface area (Å²) in [7, 11) is -5.92. The molecule has 1 saturated heterocycles. The number of ether oxygens (including phenoxy) is 2. The molecule has 1 aromatic rings. The number of hydrogen-bond acceptors (Lipinski definition) is 5. The van der Waals surface area contributed by atoms with E-state index in [1.165, 1.54) is 0 Å². The van der Waals surface area contributed by atoms with E-state index in [0.29, 0.717) is 24.5 Å². The molecule has 5 nitrogen and oxygen atoms in total. The predicted octanol–water partition coefficient (Wildman–Crippen LogP) is 0.844. The lowest BCUT2D eigenvalue weighted by Gasteiger charge is -2.30. The fraction of sp³-hybridized carbons (Fsp3) is 0.571.